The highest BCUT2D eigenvalue weighted by Crippen LogP contribution is 2.24. The second kappa shape index (κ2) is 5.31. The van der Waals surface area contributed by atoms with Crippen molar-refractivity contribution < 1.29 is 13.9 Å². The summed E-state index contributed by atoms with van der Waals surface area (Å²) in [5, 5.41) is 17.9. The van der Waals surface area contributed by atoms with Gasteiger partial charge in [0.15, 0.2) is 0 Å². The average Bonchev–Trinajstić information content (AvgIpc) is 2.97. The maximum atomic E-state index is 12.9. The van der Waals surface area contributed by atoms with Gasteiger partial charge < -0.3 is 9.52 Å². The lowest BCUT2D eigenvalue weighted by molar-refractivity contribution is 0.0729. The van der Waals surface area contributed by atoms with Crippen molar-refractivity contribution in [1.29, 1.82) is 0 Å². The number of aliphatic hydroxyl groups is 1. The molecular formula is C16H14FN3O2. The molecule has 112 valence electrons. The molecule has 0 saturated carbocycles. The van der Waals surface area contributed by atoms with Gasteiger partial charge in [0.1, 0.15) is 29.1 Å². The van der Waals surface area contributed by atoms with Crippen LogP contribution < -0.4 is 0 Å². The molecule has 0 saturated heterocycles. The van der Waals surface area contributed by atoms with Crippen molar-refractivity contribution in [2.75, 3.05) is 0 Å². The number of hydrogen-bond donors (Lipinski definition) is 1. The Kier molecular flexibility index (Phi) is 3.46. The first-order chi connectivity index (χ1) is 10.4. The van der Waals surface area contributed by atoms with Gasteiger partial charge in [0, 0.05) is 5.56 Å². The van der Waals surface area contributed by atoms with E-state index in [9.17, 15) is 9.50 Å². The van der Waals surface area contributed by atoms with Crippen molar-refractivity contribution in [3.8, 4) is 22.8 Å². The van der Waals surface area contributed by atoms with Crippen LogP contribution in [0.4, 0.5) is 4.39 Å². The van der Waals surface area contributed by atoms with Gasteiger partial charge in [-0.1, -0.05) is 0 Å². The second-order valence-electron chi connectivity index (χ2n) is 5.41. The molecular weight excluding hydrogens is 285 g/mol. The molecule has 0 unspecified atom stereocenters. The van der Waals surface area contributed by atoms with E-state index < -0.39 is 5.60 Å². The van der Waals surface area contributed by atoms with Crippen molar-refractivity contribution in [3.63, 3.8) is 0 Å². The van der Waals surface area contributed by atoms with Crippen molar-refractivity contribution in [1.82, 2.24) is 15.2 Å². The van der Waals surface area contributed by atoms with Gasteiger partial charge in [0.2, 0.25) is 5.89 Å². The lowest BCUT2D eigenvalue weighted by atomic mass is 10.1. The third kappa shape index (κ3) is 2.87. The number of aromatic nitrogens is 3. The smallest absolute Gasteiger partial charge is 0.226 e. The third-order valence-electron chi connectivity index (χ3n) is 3.15. The minimum absolute atomic E-state index is 0.316. The van der Waals surface area contributed by atoms with Crippen LogP contribution in [0.5, 0.6) is 0 Å². The van der Waals surface area contributed by atoms with E-state index in [0.717, 1.165) is 0 Å². The summed E-state index contributed by atoms with van der Waals surface area (Å²) in [5.74, 6) is 0.0620. The SMILES string of the molecule is CC(C)(O)c1ccc(-c2coc(-c3ccc(F)cc3)n2)nn1. The number of benzene rings is 1. The van der Waals surface area contributed by atoms with E-state index in [-0.39, 0.29) is 5.82 Å². The monoisotopic (exact) mass is 299 g/mol. The first kappa shape index (κ1) is 14.3. The molecule has 1 aromatic carbocycles. The lowest BCUT2D eigenvalue weighted by Gasteiger charge is -2.15. The largest absolute Gasteiger partial charge is 0.444 e. The summed E-state index contributed by atoms with van der Waals surface area (Å²) < 4.78 is 18.3. The highest BCUT2D eigenvalue weighted by atomic mass is 19.1. The van der Waals surface area contributed by atoms with Gasteiger partial charge in [0.25, 0.3) is 0 Å². The molecule has 0 aliphatic rings. The zero-order chi connectivity index (χ0) is 15.7. The summed E-state index contributed by atoms with van der Waals surface area (Å²) in [4.78, 5) is 4.32. The third-order valence-corrected chi connectivity index (χ3v) is 3.15. The predicted octanol–water partition coefficient (Wildman–Crippen LogP) is 3.17. The highest BCUT2D eigenvalue weighted by Gasteiger charge is 2.19. The Morgan fingerprint density at radius 1 is 1.00 bits per heavy atom. The fourth-order valence-electron chi connectivity index (χ4n) is 1.91. The van der Waals surface area contributed by atoms with Gasteiger partial charge in [-0.25, -0.2) is 9.37 Å². The Balaban J connectivity index is 1.89. The van der Waals surface area contributed by atoms with Crippen LogP contribution in [0.3, 0.4) is 0 Å². The maximum absolute atomic E-state index is 12.9. The molecule has 3 aromatic rings. The molecule has 0 aliphatic heterocycles. The Morgan fingerprint density at radius 2 is 1.73 bits per heavy atom. The zero-order valence-corrected chi connectivity index (χ0v) is 12.1. The van der Waals surface area contributed by atoms with Crippen LogP contribution in [-0.2, 0) is 5.60 Å². The van der Waals surface area contributed by atoms with Crippen molar-refractivity contribution in [2.45, 2.75) is 19.4 Å². The minimum atomic E-state index is -1.05. The molecule has 6 heteroatoms. The summed E-state index contributed by atoms with van der Waals surface area (Å²) >= 11 is 0. The van der Waals surface area contributed by atoms with E-state index in [1.165, 1.54) is 18.4 Å². The van der Waals surface area contributed by atoms with Crippen molar-refractivity contribution in [3.05, 3.63) is 54.2 Å². The second-order valence-corrected chi connectivity index (χ2v) is 5.41. The fourth-order valence-corrected chi connectivity index (χ4v) is 1.91. The number of halogens is 1. The number of rotatable bonds is 3. The van der Waals surface area contributed by atoms with Crippen LogP contribution in [0.25, 0.3) is 22.8 Å². The van der Waals surface area contributed by atoms with Gasteiger partial charge in [0.05, 0.1) is 5.69 Å². The lowest BCUT2D eigenvalue weighted by Crippen LogP contribution is -2.18. The minimum Gasteiger partial charge on any atom is -0.444 e. The normalized spacial score (nSPS) is 11.6. The van der Waals surface area contributed by atoms with Crippen LogP contribution in [0.1, 0.15) is 19.5 Å². The van der Waals surface area contributed by atoms with E-state index in [0.29, 0.717) is 28.5 Å². The fraction of sp³-hybridized carbons (Fsp3) is 0.188. The quantitative estimate of drug-likeness (QED) is 0.804. The molecule has 0 fully saturated rings. The van der Waals surface area contributed by atoms with Gasteiger partial charge in [-0.15, -0.1) is 5.10 Å². The molecule has 0 spiro atoms. The number of oxazole rings is 1. The van der Waals surface area contributed by atoms with E-state index in [4.69, 9.17) is 4.42 Å². The standard InChI is InChI=1S/C16H14FN3O2/c1-16(2,21)14-8-7-12(19-20-14)13-9-22-15(18-13)10-3-5-11(17)6-4-10/h3-9,21H,1-2H3. The molecule has 0 aliphatic carbocycles. The first-order valence-corrected chi connectivity index (χ1v) is 6.72. The predicted molar refractivity (Wildman–Crippen MR) is 78.2 cm³/mol. The molecule has 0 amide bonds. The van der Waals surface area contributed by atoms with Gasteiger partial charge in [-0.05, 0) is 50.2 Å². The van der Waals surface area contributed by atoms with Crippen LogP contribution in [0.15, 0.2) is 47.1 Å². The van der Waals surface area contributed by atoms with Crippen LogP contribution in [0, 0.1) is 5.82 Å². The molecule has 3 rings (SSSR count). The van der Waals surface area contributed by atoms with E-state index in [1.54, 1.807) is 38.1 Å². The summed E-state index contributed by atoms with van der Waals surface area (Å²) in [5.41, 5.74) is 1.15. The molecule has 5 nitrogen and oxygen atoms in total. The molecule has 2 heterocycles. The van der Waals surface area contributed by atoms with Gasteiger partial charge >= 0.3 is 0 Å². The summed E-state index contributed by atoms with van der Waals surface area (Å²) in [6.07, 6.45) is 1.46. The van der Waals surface area contributed by atoms with Crippen LogP contribution in [-0.4, -0.2) is 20.3 Å². The zero-order valence-electron chi connectivity index (χ0n) is 12.1. The summed E-state index contributed by atoms with van der Waals surface area (Å²) in [7, 11) is 0. The Hall–Kier alpha value is -2.60. The topological polar surface area (TPSA) is 72.0 Å². The van der Waals surface area contributed by atoms with Gasteiger partial charge in [-0.2, -0.15) is 5.10 Å². The van der Waals surface area contributed by atoms with Crippen molar-refractivity contribution in [2.24, 2.45) is 0 Å². The summed E-state index contributed by atoms with van der Waals surface area (Å²) in [6.45, 7) is 3.28. The molecule has 0 bridgehead atoms. The average molecular weight is 299 g/mol. The molecule has 0 radical (unpaired) electrons. The Labute approximate surface area is 126 Å². The van der Waals surface area contributed by atoms with E-state index >= 15 is 0 Å². The Bertz CT molecular complexity index is 774. The van der Waals surface area contributed by atoms with Crippen molar-refractivity contribution >= 4 is 0 Å². The molecule has 0 atom stereocenters. The number of nitrogens with zero attached hydrogens (tertiary/aromatic N) is 3. The highest BCUT2D eigenvalue weighted by molar-refractivity contribution is 5.59. The maximum Gasteiger partial charge on any atom is 0.226 e. The van der Waals surface area contributed by atoms with E-state index in [1.807, 2.05) is 0 Å². The first-order valence-electron chi connectivity index (χ1n) is 6.72. The molecule has 22 heavy (non-hydrogen) atoms. The van der Waals surface area contributed by atoms with Gasteiger partial charge in [-0.3, -0.25) is 0 Å². The Morgan fingerprint density at radius 3 is 2.32 bits per heavy atom. The molecule has 1 N–H and O–H groups in total. The molecule has 2 aromatic heterocycles. The van der Waals surface area contributed by atoms with Crippen LogP contribution >= 0.6 is 0 Å². The summed E-state index contributed by atoms with van der Waals surface area (Å²) in [6, 6.07) is 9.28. The van der Waals surface area contributed by atoms with Crippen LogP contribution in [0.2, 0.25) is 0 Å². The van der Waals surface area contributed by atoms with E-state index in [2.05, 4.69) is 15.2 Å². The number of hydrogen-bond acceptors (Lipinski definition) is 5.